The predicted molar refractivity (Wildman–Crippen MR) is 156 cm³/mol. The third kappa shape index (κ3) is 8.26. The van der Waals surface area contributed by atoms with Crippen LogP contribution in [0.3, 0.4) is 0 Å². The molecule has 45 heavy (non-hydrogen) atoms. The quantitative estimate of drug-likeness (QED) is 0.245. The second-order valence-electron chi connectivity index (χ2n) is 12.4. The molecule has 0 N–H and O–H groups in total. The van der Waals surface area contributed by atoms with E-state index in [-0.39, 0.29) is 36.2 Å². The molecule has 1 aliphatic heterocycles. The summed E-state index contributed by atoms with van der Waals surface area (Å²) < 4.78 is 89.7. The van der Waals surface area contributed by atoms with Crippen molar-refractivity contribution >= 4 is 12.0 Å². The third-order valence-electron chi connectivity index (χ3n) is 7.80. The van der Waals surface area contributed by atoms with Crippen molar-refractivity contribution in [2.75, 3.05) is 4.90 Å². The monoisotopic (exact) mass is 640 g/mol. The first-order chi connectivity index (χ1) is 20.9. The van der Waals surface area contributed by atoms with Crippen molar-refractivity contribution in [2.24, 2.45) is 7.05 Å². The van der Waals surface area contributed by atoms with Crippen molar-refractivity contribution in [1.82, 2.24) is 24.6 Å². The molecule has 0 saturated carbocycles. The maximum atomic E-state index is 13.7. The summed E-state index contributed by atoms with van der Waals surface area (Å²) in [7, 11) is 1.75. The molecule has 2 aromatic heterocycles. The van der Waals surface area contributed by atoms with E-state index in [1.165, 1.54) is 0 Å². The van der Waals surface area contributed by atoms with Gasteiger partial charge < -0.3 is 14.5 Å². The molecule has 14 heteroatoms. The number of likely N-dealkylation sites (tertiary alicyclic amines) is 1. The van der Waals surface area contributed by atoms with Crippen molar-refractivity contribution in [2.45, 2.75) is 103 Å². The number of ether oxygens (including phenoxy) is 1. The van der Waals surface area contributed by atoms with Crippen LogP contribution < -0.4 is 4.90 Å². The standard InChI is InChI=1S/C31H38F6N6O2/c1-7-24-12-26(13-25(8-2)43(24)28(44)45-29(3,4)5)42(27-38-14-20(15-39-27)21-16-40-41(6)18-21)17-19-9-22(30(32,33)34)11-23(10-19)31(35,36)37/h9-11,14-16,18,24-26H,7-8,12-13,17H2,1-6H3/t24-,25+,26+. The molecule has 1 aromatic carbocycles. The van der Waals surface area contributed by atoms with Crippen LogP contribution in [0.2, 0.25) is 0 Å². The van der Waals surface area contributed by atoms with E-state index in [1.54, 1.807) is 67.1 Å². The summed E-state index contributed by atoms with van der Waals surface area (Å²) in [4.78, 5) is 25.7. The molecular weight excluding hydrogens is 602 g/mol. The van der Waals surface area contributed by atoms with Crippen LogP contribution in [0.5, 0.6) is 0 Å². The average molecular weight is 641 g/mol. The Bertz CT molecular complexity index is 1420. The summed E-state index contributed by atoms with van der Waals surface area (Å²) >= 11 is 0. The molecule has 4 rings (SSSR count). The smallest absolute Gasteiger partial charge is 0.416 e. The molecule has 8 nitrogen and oxygen atoms in total. The van der Waals surface area contributed by atoms with Crippen molar-refractivity contribution in [3.8, 4) is 11.1 Å². The number of rotatable bonds is 7. The Morgan fingerprint density at radius 1 is 0.889 bits per heavy atom. The summed E-state index contributed by atoms with van der Waals surface area (Å²) in [6.07, 6.45) is -2.07. The minimum atomic E-state index is -4.98. The summed E-state index contributed by atoms with van der Waals surface area (Å²) in [6.45, 7) is 8.85. The van der Waals surface area contributed by atoms with E-state index in [0.717, 1.165) is 17.7 Å². The number of aryl methyl sites for hydroxylation is 1. The fraction of sp³-hybridized carbons (Fsp3) is 0.548. The number of hydrogen-bond donors (Lipinski definition) is 0. The Morgan fingerprint density at radius 3 is 1.84 bits per heavy atom. The van der Waals surface area contributed by atoms with E-state index in [1.807, 2.05) is 13.8 Å². The van der Waals surface area contributed by atoms with E-state index in [2.05, 4.69) is 15.1 Å². The Balaban J connectivity index is 1.76. The van der Waals surface area contributed by atoms with Gasteiger partial charge in [-0.2, -0.15) is 31.4 Å². The highest BCUT2D eigenvalue weighted by Gasteiger charge is 2.42. The van der Waals surface area contributed by atoms with Crippen LogP contribution in [0.4, 0.5) is 37.1 Å². The summed E-state index contributed by atoms with van der Waals surface area (Å²) in [6, 6.07) is 0.576. The number of carbonyl (C=O) groups is 1. The highest BCUT2D eigenvalue weighted by atomic mass is 19.4. The van der Waals surface area contributed by atoms with Gasteiger partial charge in [0.25, 0.3) is 0 Å². The van der Waals surface area contributed by atoms with Crippen LogP contribution >= 0.6 is 0 Å². The number of halogens is 6. The molecule has 1 saturated heterocycles. The molecule has 3 aromatic rings. The largest absolute Gasteiger partial charge is 0.444 e. The highest BCUT2D eigenvalue weighted by Crippen LogP contribution is 2.38. The third-order valence-corrected chi connectivity index (χ3v) is 7.80. The number of amides is 1. The van der Waals surface area contributed by atoms with E-state index in [4.69, 9.17) is 4.74 Å². The number of piperidine rings is 1. The Morgan fingerprint density at radius 2 is 1.42 bits per heavy atom. The molecule has 1 fully saturated rings. The number of nitrogens with zero attached hydrogens (tertiary/aromatic N) is 6. The number of aromatic nitrogens is 4. The van der Waals surface area contributed by atoms with Gasteiger partial charge in [-0.1, -0.05) is 13.8 Å². The summed E-state index contributed by atoms with van der Waals surface area (Å²) in [5, 5.41) is 4.14. The van der Waals surface area contributed by atoms with Gasteiger partial charge in [0.2, 0.25) is 5.95 Å². The number of benzene rings is 1. The van der Waals surface area contributed by atoms with Gasteiger partial charge in [0, 0.05) is 61.4 Å². The summed E-state index contributed by atoms with van der Waals surface area (Å²) in [5.74, 6) is 0.147. The lowest BCUT2D eigenvalue weighted by molar-refractivity contribution is -0.143. The Labute approximate surface area is 258 Å². The molecular formula is C31H38F6N6O2. The van der Waals surface area contributed by atoms with Crippen LogP contribution in [0, 0.1) is 0 Å². The number of carbonyl (C=O) groups excluding carboxylic acids is 1. The molecule has 3 heterocycles. The van der Waals surface area contributed by atoms with Gasteiger partial charge in [-0.15, -0.1) is 0 Å². The zero-order chi connectivity index (χ0) is 33.3. The van der Waals surface area contributed by atoms with Crippen molar-refractivity contribution in [3.63, 3.8) is 0 Å². The number of alkyl halides is 6. The average Bonchev–Trinajstić information content (AvgIpc) is 3.39. The van der Waals surface area contributed by atoms with E-state index in [9.17, 15) is 31.1 Å². The van der Waals surface area contributed by atoms with Gasteiger partial charge in [-0.05, 0) is 70.2 Å². The molecule has 0 aliphatic carbocycles. The van der Waals surface area contributed by atoms with E-state index in [0.29, 0.717) is 31.2 Å². The normalized spacial score (nSPS) is 19.5. The predicted octanol–water partition coefficient (Wildman–Crippen LogP) is 7.88. The second-order valence-corrected chi connectivity index (χ2v) is 12.4. The van der Waals surface area contributed by atoms with Gasteiger partial charge in [0.05, 0.1) is 17.3 Å². The minimum Gasteiger partial charge on any atom is -0.444 e. The minimum absolute atomic E-state index is 0.118. The van der Waals surface area contributed by atoms with Crippen molar-refractivity contribution in [3.05, 3.63) is 59.7 Å². The molecule has 3 atom stereocenters. The van der Waals surface area contributed by atoms with Crippen LogP contribution in [0.15, 0.2) is 43.0 Å². The summed E-state index contributed by atoms with van der Waals surface area (Å²) in [5.41, 5.74) is -2.31. The van der Waals surface area contributed by atoms with Gasteiger partial charge in [-0.3, -0.25) is 4.68 Å². The first-order valence-corrected chi connectivity index (χ1v) is 14.8. The van der Waals surface area contributed by atoms with E-state index < -0.39 is 41.2 Å². The maximum absolute atomic E-state index is 13.7. The maximum Gasteiger partial charge on any atom is 0.416 e. The van der Waals surface area contributed by atoms with Gasteiger partial charge in [-0.25, -0.2) is 14.8 Å². The van der Waals surface area contributed by atoms with Crippen molar-refractivity contribution in [1.29, 1.82) is 0 Å². The molecule has 1 amide bonds. The molecule has 0 radical (unpaired) electrons. The SMILES string of the molecule is CC[C@@H]1C[C@H](N(Cc2cc(C(F)(F)F)cc(C(F)(F)F)c2)c2ncc(-c3cnn(C)c3)cn2)C[C@H](CC)N1C(=O)OC(C)(C)C. The van der Waals surface area contributed by atoms with Crippen LogP contribution in [-0.4, -0.2) is 54.5 Å². The molecule has 1 aliphatic rings. The van der Waals surface area contributed by atoms with Crippen LogP contribution in [0.1, 0.15) is 77.0 Å². The first kappa shape index (κ1) is 34.0. The second kappa shape index (κ2) is 12.9. The van der Waals surface area contributed by atoms with E-state index >= 15 is 0 Å². The van der Waals surface area contributed by atoms with Crippen LogP contribution in [-0.2, 0) is 30.7 Å². The lowest BCUT2D eigenvalue weighted by atomic mass is 9.87. The molecule has 0 bridgehead atoms. The van der Waals surface area contributed by atoms with Crippen LogP contribution in [0.25, 0.3) is 11.1 Å². The fourth-order valence-electron chi connectivity index (χ4n) is 5.70. The van der Waals surface area contributed by atoms with Gasteiger partial charge in [0.1, 0.15) is 5.60 Å². The topological polar surface area (TPSA) is 76.4 Å². The zero-order valence-electron chi connectivity index (χ0n) is 26.1. The Kier molecular flexibility index (Phi) is 9.74. The van der Waals surface area contributed by atoms with Crippen molar-refractivity contribution < 1.29 is 35.9 Å². The molecule has 246 valence electrons. The number of anilines is 1. The van der Waals surface area contributed by atoms with Gasteiger partial charge in [0.15, 0.2) is 0 Å². The molecule has 0 unspecified atom stereocenters. The Hall–Kier alpha value is -3.84. The first-order valence-electron chi connectivity index (χ1n) is 14.8. The lowest BCUT2D eigenvalue weighted by Gasteiger charge is -2.48. The molecule has 0 spiro atoms. The number of hydrogen-bond acceptors (Lipinski definition) is 6. The van der Waals surface area contributed by atoms with Gasteiger partial charge >= 0.3 is 18.4 Å². The zero-order valence-corrected chi connectivity index (χ0v) is 26.1. The highest BCUT2D eigenvalue weighted by molar-refractivity contribution is 5.69. The lowest BCUT2D eigenvalue weighted by Crippen LogP contribution is -2.57. The fourth-order valence-corrected chi connectivity index (χ4v) is 5.70.